The van der Waals surface area contributed by atoms with E-state index < -0.39 is 18.1 Å². The second-order valence-corrected chi connectivity index (χ2v) is 8.56. The minimum absolute atomic E-state index is 0.155. The molecule has 0 bridgehead atoms. The number of carboxylic acids is 1. The van der Waals surface area contributed by atoms with Crippen LogP contribution >= 0.6 is 0 Å². The number of carbonyl (C=O) groups is 3. The van der Waals surface area contributed by atoms with E-state index in [0.717, 1.165) is 31.9 Å². The summed E-state index contributed by atoms with van der Waals surface area (Å²) in [4.78, 5) is 43.4. The van der Waals surface area contributed by atoms with Crippen molar-refractivity contribution < 1.29 is 19.5 Å². The maximum atomic E-state index is 13.0. The normalized spacial score (nSPS) is 21.0. The zero-order valence-corrected chi connectivity index (χ0v) is 18.0. The third kappa shape index (κ3) is 4.92. The number of amides is 2. The van der Waals surface area contributed by atoms with Gasteiger partial charge in [-0.2, -0.15) is 0 Å². The molecule has 2 atom stereocenters. The highest BCUT2D eigenvalue weighted by atomic mass is 16.4. The maximum Gasteiger partial charge on any atom is 0.326 e. The molecule has 2 saturated heterocycles. The molecule has 0 unspecified atom stereocenters. The first kappa shape index (κ1) is 22.1. The van der Waals surface area contributed by atoms with Crippen LogP contribution in [0, 0.1) is 5.92 Å². The lowest BCUT2D eigenvalue weighted by atomic mass is 10.0. The first-order valence-electron chi connectivity index (χ1n) is 10.7. The van der Waals surface area contributed by atoms with Crippen LogP contribution in [0.2, 0.25) is 0 Å². The summed E-state index contributed by atoms with van der Waals surface area (Å²) in [5.74, 6) is -1.78. The number of nitrogens with zero attached hydrogens (tertiary/aromatic N) is 3. The van der Waals surface area contributed by atoms with Crippen LogP contribution < -0.4 is 10.2 Å². The van der Waals surface area contributed by atoms with Crippen LogP contribution in [0.5, 0.6) is 0 Å². The summed E-state index contributed by atoms with van der Waals surface area (Å²) < 4.78 is 0. The molecule has 3 rings (SSSR count). The molecule has 30 heavy (non-hydrogen) atoms. The van der Waals surface area contributed by atoms with Gasteiger partial charge in [-0.1, -0.05) is 19.9 Å². The first-order chi connectivity index (χ1) is 14.3. The Hall–Kier alpha value is -2.61. The van der Waals surface area contributed by atoms with Gasteiger partial charge in [-0.15, -0.1) is 0 Å². The van der Waals surface area contributed by atoms with E-state index in [1.807, 2.05) is 32.0 Å². The van der Waals surface area contributed by atoms with Gasteiger partial charge >= 0.3 is 5.97 Å². The molecule has 2 N–H and O–H groups in total. The minimum atomic E-state index is -0.991. The highest BCUT2D eigenvalue weighted by Crippen LogP contribution is 2.21. The van der Waals surface area contributed by atoms with E-state index in [1.54, 1.807) is 6.07 Å². The predicted octanol–water partition coefficient (Wildman–Crippen LogP) is 1.27. The molecular weight excluding hydrogens is 384 g/mol. The van der Waals surface area contributed by atoms with Gasteiger partial charge in [-0.3, -0.25) is 9.59 Å². The number of nitrogens with one attached hydrogen (secondary N) is 1. The fourth-order valence-corrected chi connectivity index (χ4v) is 4.11. The van der Waals surface area contributed by atoms with E-state index in [9.17, 15) is 19.5 Å². The van der Waals surface area contributed by atoms with Crippen LogP contribution in [-0.4, -0.2) is 84.5 Å². The van der Waals surface area contributed by atoms with Crippen molar-refractivity contribution in [3.63, 3.8) is 0 Å². The highest BCUT2D eigenvalue weighted by molar-refractivity contribution is 5.99. The Morgan fingerprint density at radius 2 is 1.80 bits per heavy atom. The van der Waals surface area contributed by atoms with Crippen LogP contribution in [0.4, 0.5) is 5.69 Å². The average Bonchev–Trinajstić information content (AvgIpc) is 3.22. The van der Waals surface area contributed by atoms with Crippen molar-refractivity contribution in [3.8, 4) is 0 Å². The van der Waals surface area contributed by atoms with Crippen molar-refractivity contribution >= 4 is 23.5 Å². The van der Waals surface area contributed by atoms with Crippen molar-refractivity contribution in [3.05, 3.63) is 29.8 Å². The Balaban J connectivity index is 1.72. The zero-order chi connectivity index (χ0) is 21.8. The number of carboxylic acid groups (broad SMARTS) is 1. The van der Waals surface area contributed by atoms with Crippen molar-refractivity contribution in [2.24, 2.45) is 5.92 Å². The smallest absolute Gasteiger partial charge is 0.326 e. The summed E-state index contributed by atoms with van der Waals surface area (Å²) in [5, 5.41) is 12.3. The number of likely N-dealkylation sites (N-methyl/N-ethyl adjacent to an activating group) is 1. The molecule has 0 radical (unpaired) electrons. The zero-order valence-electron chi connectivity index (χ0n) is 18.0. The molecule has 2 aliphatic rings. The molecule has 1 aromatic carbocycles. The number of benzene rings is 1. The summed E-state index contributed by atoms with van der Waals surface area (Å²) in [6.07, 6.45) is 1.11. The molecule has 8 heteroatoms. The quantitative estimate of drug-likeness (QED) is 0.726. The van der Waals surface area contributed by atoms with Crippen LogP contribution in [0.1, 0.15) is 37.0 Å². The molecular formula is C22H32N4O4. The lowest BCUT2D eigenvalue weighted by Gasteiger charge is -2.34. The molecule has 1 aromatic rings. The summed E-state index contributed by atoms with van der Waals surface area (Å²) in [6.45, 7) is 7.88. The van der Waals surface area contributed by atoms with E-state index in [1.165, 1.54) is 4.90 Å². The molecule has 0 aromatic heterocycles. The number of hydrogen-bond acceptors (Lipinski definition) is 5. The second kappa shape index (κ2) is 9.47. The monoisotopic (exact) mass is 416 g/mol. The Labute approximate surface area is 177 Å². The second-order valence-electron chi connectivity index (χ2n) is 8.56. The van der Waals surface area contributed by atoms with Crippen molar-refractivity contribution in [2.45, 2.75) is 38.8 Å². The topological polar surface area (TPSA) is 93.2 Å². The number of anilines is 1. The number of carbonyl (C=O) groups excluding carboxylic acids is 2. The molecule has 2 heterocycles. The number of piperazine rings is 1. The molecule has 164 valence electrons. The lowest BCUT2D eigenvalue weighted by Crippen LogP contribution is -2.53. The maximum absolute atomic E-state index is 13.0. The summed E-state index contributed by atoms with van der Waals surface area (Å²) >= 11 is 0. The van der Waals surface area contributed by atoms with E-state index in [4.69, 9.17) is 0 Å². The number of hydrogen-bond donors (Lipinski definition) is 2. The SMILES string of the molecule is CC(C)[C@H](NC(=O)c1cccc(N2CCN(C)CC2)c1)C(=O)N1CCC[C@H]1C(=O)O. The molecule has 2 amide bonds. The molecule has 2 aliphatic heterocycles. The highest BCUT2D eigenvalue weighted by Gasteiger charge is 2.38. The van der Waals surface area contributed by atoms with Crippen LogP contribution in [0.3, 0.4) is 0 Å². The van der Waals surface area contributed by atoms with Crippen molar-refractivity contribution in [1.82, 2.24) is 15.1 Å². The van der Waals surface area contributed by atoms with Gasteiger partial charge in [0.15, 0.2) is 0 Å². The summed E-state index contributed by atoms with van der Waals surface area (Å²) in [5.41, 5.74) is 1.50. The van der Waals surface area contributed by atoms with Gasteiger partial charge in [0, 0.05) is 44.0 Å². The minimum Gasteiger partial charge on any atom is -0.480 e. The van der Waals surface area contributed by atoms with Crippen LogP contribution in [0.15, 0.2) is 24.3 Å². The molecule has 0 spiro atoms. The van der Waals surface area contributed by atoms with Gasteiger partial charge in [0.2, 0.25) is 5.91 Å². The van der Waals surface area contributed by atoms with E-state index in [2.05, 4.69) is 22.2 Å². The third-order valence-corrected chi connectivity index (χ3v) is 6.02. The van der Waals surface area contributed by atoms with Crippen molar-refractivity contribution in [2.75, 3.05) is 44.7 Å². The average molecular weight is 417 g/mol. The Bertz CT molecular complexity index is 789. The van der Waals surface area contributed by atoms with Gasteiger partial charge in [-0.25, -0.2) is 4.79 Å². The van der Waals surface area contributed by atoms with Gasteiger partial charge < -0.3 is 25.1 Å². The summed E-state index contributed by atoms with van der Waals surface area (Å²) in [6, 6.07) is 5.89. The number of rotatable bonds is 6. The standard InChI is InChI=1S/C22H32N4O4/c1-15(2)19(21(28)26-9-5-8-18(26)22(29)30)23-20(27)16-6-4-7-17(14-16)25-12-10-24(3)11-13-25/h4,6-7,14-15,18-19H,5,8-13H2,1-3H3,(H,23,27)(H,29,30)/t18-,19-/m0/s1. The molecule has 0 saturated carbocycles. The summed E-state index contributed by atoms with van der Waals surface area (Å²) in [7, 11) is 2.10. The van der Waals surface area contributed by atoms with Crippen LogP contribution in [0.25, 0.3) is 0 Å². The van der Waals surface area contributed by atoms with Gasteiger partial charge in [0.25, 0.3) is 5.91 Å². The largest absolute Gasteiger partial charge is 0.480 e. The van der Waals surface area contributed by atoms with E-state index in [0.29, 0.717) is 24.9 Å². The Morgan fingerprint density at radius 1 is 1.10 bits per heavy atom. The van der Waals surface area contributed by atoms with Gasteiger partial charge in [-0.05, 0) is 44.0 Å². The first-order valence-corrected chi connectivity index (χ1v) is 10.7. The van der Waals surface area contributed by atoms with E-state index >= 15 is 0 Å². The Kier molecular flexibility index (Phi) is 6.97. The predicted molar refractivity (Wildman–Crippen MR) is 115 cm³/mol. The molecule has 2 fully saturated rings. The van der Waals surface area contributed by atoms with Crippen LogP contribution in [-0.2, 0) is 9.59 Å². The van der Waals surface area contributed by atoms with Gasteiger partial charge in [0.1, 0.15) is 12.1 Å². The lowest BCUT2D eigenvalue weighted by molar-refractivity contribution is -0.149. The Morgan fingerprint density at radius 3 is 2.43 bits per heavy atom. The van der Waals surface area contributed by atoms with Crippen molar-refractivity contribution in [1.29, 1.82) is 0 Å². The fourth-order valence-electron chi connectivity index (χ4n) is 4.11. The number of likely N-dealkylation sites (tertiary alicyclic amines) is 1. The molecule has 0 aliphatic carbocycles. The molecule has 8 nitrogen and oxygen atoms in total. The number of aliphatic carboxylic acids is 1. The fraction of sp³-hybridized carbons (Fsp3) is 0.591. The third-order valence-electron chi connectivity index (χ3n) is 6.02. The van der Waals surface area contributed by atoms with E-state index in [-0.39, 0.29) is 17.7 Å². The van der Waals surface area contributed by atoms with Gasteiger partial charge in [0.05, 0.1) is 0 Å².